The molecule has 0 saturated carbocycles. The van der Waals surface area contributed by atoms with Crippen LogP contribution < -0.4 is 5.32 Å². The van der Waals surface area contributed by atoms with Crippen LogP contribution in [0.15, 0.2) is 23.8 Å². The molecule has 0 aromatic carbocycles. The van der Waals surface area contributed by atoms with Crippen molar-refractivity contribution in [2.24, 2.45) is 0 Å². The van der Waals surface area contributed by atoms with Crippen molar-refractivity contribution in [3.8, 4) is 0 Å². The Hall–Kier alpha value is -0.507. The van der Waals surface area contributed by atoms with E-state index in [2.05, 4.69) is 5.32 Å². The van der Waals surface area contributed by atoms with Crippen molar-refractivity contribution >= 4 is 17.4 Å². The maximum atomic E-state index is 11.0. The molecular formula is C13H20BNO3W. The summed E-state index contributed by atoms with van der Waals surface area (Å²) < 4.78 is 13.6. The number of hydrogen-bond acceptors (Lipinski definition) is 3. The third-order valence-electron chi connectivity index (χ3n) is 3.26. The van der Waals surface area contributed by atoms with E-state index in [1.165, 1.54) is 26.3 Å². The molecule has 1 rings (SSSR count). The second-order valence-electron chi connectivity index (χ2n) is 5.43. The Labute approximate surface area is 126 Å². The Balaban J connectivity index is 2.66. The van der Waals surface area contributed by atoms with Crippen molar-refractivity contribution in [2.45, 2.75) is 45.8 Å². The van der Waals surface area contributed by atoms with Crippen molar-refractivity contribution in [1.29, 1.82) is 0 Å². The third-order valence-corrected chi connectivity index (χ3v) is 4.18. The molecule has 0 radical (unpaired) electrons. The quantitative estimate of drug-likeness (QED) is 0.541. The molecule has 0 unspecified atom stereocenters. The second kappa shape index (κ2) is 6.30. The van der Waals surface area contributed by atoms with E-state index in [1.807, 2.05) is 50.2 Å². The first-order chi connectivity index (χ1) is 8.68. The Bertz CT molecular complexity index is 414. The maximum absolute atomic E-state index is 11.0. The number of hydrogen-bond donors (Lipinski definition) is 1. The molecule has 19 heavy (non-hydrogen) atoms. The van der Waals surface area contributed by atoms with Gasteiger partial charge in [0.15, 0.2) is 0 Å². The molecule has 0 bridgehead atoms. The molecule has 0 aliphatic carbocycles. The van der Waals surface area contributed by atoms with Crippen LogP contribution in [-0.4, -0.2) is 28.6 Å². The van der Waals surface area contributed by atoms with E-state index in [4.69, 9.17) is 9.31 Å². The molecule has 1 N–H and O–H groups in total. The van der Waals surface area contributed by atoms with E-state index in [1.54, 1.807) is 0 Å². The Morgan fingerprint density at radius 3 is 2.16 bits per heavy atom. The fourth-order valence-corrected chi connectivity index (χ4v) is 2.02. The van der Waals surface area contributed by atoms with Gasteiger partial charge in [-0.1, -0.05) is 0 Å². The Morgan fingerprint density at radius 1 is 1.21 bits per heavy atom. The van der Waals surface area contributed by atoms with Gasteiger partial charge in [-0.15, -0.1) is 0 Å². The number of rotatable bonds is 4. The first kappa shape index (κ1) is 16.5. The fourth-order valence-electron chi connectivity index (χ4n) is 1.53. The number of allylic oxidation sites excluding steroid dienone is 3. The molecule has 0 atom stereocenters. The summed E-state index contributed by atoms with van der Waals surface area (Å²) in [6, 6.07) is 0. The van der Waals surface area contributed by atoms with Gasteiger partial charge in [0, 0.05) is 0 Å². The standard InChI is InChI=1S/C13H20BNO3.W/c1-10(15-11(2)16)8-7-9-14-17-12(3,4)13(5,6)18-14;/h1,7-9H,2-6H3,(H,15,16);. The zero-order valence-corrected chi connectivity index (χ0v) is 15.0. The summed E-state index contributed by atoms with van der Waals surface area (Å²) in [4.78, 5) is 11.0. The molecule has 1 heterocycles. The monoisotopic (exact) mass is 433 g/mol. The predicted octanol–water partition coefficient (Wildman–Crippen LogP) is 1.54. The van der Waals surface area contributed by atoms with E-state index in [-0.39, 0.29) is 24.2 Å². The molecule has 1 aliphatic rings. The van der Waals surface area contributed by atoms with Crippen LogP contribution >= 0.6 is 0 Å². The molecule has 0 spiro atoms. The number of carbonyl (C=O) groups excluding carboxylic acids is 1. The Morgan fingerprint density at radius 2 is 1.74 bits per heavy atom. The van der Waals surface area contributed by atoms with Crippen LogP contribution in [0.3, 0.4) is 0 Å². The SMILES string of the molecule is CC(=O)NC([CH]=[W])=CC=CB1OC(C)(C)C(C)(C)O1. The van der Waals surface area contributed by atoms with Crippen molar-refractivity contribution < 1.29 is 33.5 Å². The third kappa shape index (κ3) is 4.52. The number of nitrogens with one attached hydrogen (secondary N) is 1. The van der Waals surface area contributed by atoms with Crippen LogP contribution in [0.5, 0.6) is 0 Å². The molecular weight excluding hydrogens is 413 g/mol. The summed E-state index contributed by atoms with van der Waals surface area (Å²) in [7, 11) is -0.357. The predicted molar refractivity (Wildman–Crippen MR) is 73.2 cm³/mol. The fraction of sp³-hybridized carbons (Fsp3) is 0.538. The Kier molecular flexibility index (Phi) is 5.48. The van der Waals surface area contributed by atoms with Crippen molar-refractivity contribution in [1.82, 2.24) is 5.32 Å². The molecule has 0 aromatic heterocycles. The van der Waals surface area contributed by atoms with Gasteiger partial charge in [-0.2, -0.15) is 0 Å². The topological polar surface area (TPSA) is 47.6 Å². The zero-order valence-electron chi connectivity index (χ0n) is 12.0. The van der Waals surface area contributed by atoms with E-state index in [0.29, 0.717) is 0 Å². The van der Waals surface area contributed by atoms with E-state index >= 15 is 0 Å². The van der Waals surface area contributed by atoms with Gasteiger partial charge in [0.1, 0.15) is 0 Å². The molecule has 1 aliphatic heterocycles. The van der Waals surface area contributed by atoms with E-state index in [9.17, 15) is 4.79 Å². The van der Waals surface area contributed by atoms with Crippen LogP contribution in [0, 0.1) is 0 Å². The first-order valence-electron chi connectivity index (χ1n) is 6.15. The molecule has 6 heteroatoms. The molecule has 1 fully saturated rings. The minimum atomic E-state index is -0.357. The second-order valence-corrected chi connectivity index (χ2v) is 6.28. The van der Waals surface area contributed by atoms with Crippen molar-refractivity contribution in [2.75, 3.05) is 0 Å². The molecule has 1 amide bonds. The number of carbonyl (C=O) groups is 1. The number of amides is 1. The van der Waals surface area contributed by atoms with Gasteiger partial charge in [0.2, 0.25) is 0 Å². The van der Waals surface area contributed by atoms with Gasteiger partial charge in [0.05, 0.1) is 0 Å². The van der Waals surface area contributed by atoms with E-state index in [0.717, 1.165) is 5.70 Å². The normalized spacial score (nSPS) is 21.7. The summed E-state index contributed by atoms with van der Waals surface area (Å²) in [5, 5.41) is 2.74. The molecule has 0 aromatic rings. The summed E-state index contributed by atoms with van der Waals surface area (Å²) in [5.41, 5.74) is 0.135. The summed E-state index contributed by atoms with van der Waals surface area (Å²) in [6.07, 6.45) is 3.67. The van der Waals surface area contributed by atoms with Crippen molar-refractivity contribution in [3.05, 3.63) is 23.8 Å². The molecule has 1 saturated heterocycles. The van der Waals surface area contributed by atoms with Gasteiger partial charge in [0.25, 0.3) is 0 Å². The van der Waals surface area contributed by atoms with Gasteiger partial charge >= 0.3 is 126 Å². The van der Waals surface area contributed by atoms with Crippen LogP contribution in [0.2, 0.25) is 0 Å². The summed E-state index contributed by atoms with van der Waals surface area (Å²) in [5.74, 6) is 1.77. The summed E-state index contributed by atoms with van der Waals surface area (Å²) >= 11 is 1.28. The van der Waals surface area contributed by atoms with Crippen LogP contribution in [0.25, 0.3) is 0 Å². The van der Waals surface area contributed by atoms with Crippen LogP contribution in [-0.2, 0) is 33.5 Å². The minimum absolute atomic E-state index is 0.0761. The van der Waals surface area contributed by atoms with Gasteiger partial charge in [-0.3, -0.25) is 0 Å². The molecule has 4 nitrogen and oxygen atoms in total. The first-order valence-corrected chi connectivity index (χ1v) is 7.84. The average Bonchev–Trinajstić information content (AvgIpc) is 2.45. The van der Waals surface area contributed by atoms with Crippen LogP contribution in [0.4, 0.5) is 0 Å². The zero-order chi connectivity index (χ0) is 14.7. The van der Waals surface area contributed by atoms with Gasteiger partial charge < -0.3 is 0 Å². The van der Waals surface area contributed by atoms with Gasteiger partial charge in [-0.25, -0.2) is 0 Å². The van der Waals surface area contributed by atoms with Gasteiger partial charge in [-0.05, 0) is 0 Å². The summed E-state index contributed by atoms with van der Waals surface area (Å²) in [6.45, 7) is 9.56. The van der Waals surface area contributed by atoms with E-state index < -0.39 is 0 Å². The average molecular weight is 433 g/mol. The molecule has 104 valence electrons. The van der Waals surface area contributed by atoms with Crippen LogP contribution in [0.1, 0.15) is 34.6 Å². The van der Waals surface area contributed by atoms with Crippen molar-refractivity contribution in [3.63, 3.8) is 0 Å².